The molecule has 0 aliphatic carbocycles. The van der Waals surface area contributed by atoms with Crippen LogP contribution in [0.3, 0.4) is 0 Å². The van der Waals surface area contributed by atoms with Crippen LogP contribution < -0.4 is 29.8 Å². The molecule has 2 N–H and O–H groups in total. The molecule has 0 aliphatic rings. The van der Waals surface area contributed by atoms with Crippen LogP contribution in [0.15, 0.2) is 41.2 Å². The largest absolute Gasteiger partial charge is 0.497 e. The molecule has 0 aliphatic heterocycles. The molecule has 158 valence electrons. The highest BCUT2D eigenvalue weighted by atomic mass is 16.5. The predicted octanol–water partition coefficient (Wildman–Crippen LogP) is 2.54. The quantitative estimate of drug-likeness (QED) is 0.590. The third kappa shape index (κ3) is 4.17. The number of methoxy groups -OCH3 is 4. The summed E-state index contributed by atoms with van der Waals surface area (Å²) in [6.45, 7) is 0.273. The van der Waals surface area contributed by atoms with Gasteiger partial charge in [0.15, 0.2) is 0 Å². The summed E-state index contributed by atoms with van der Waals surface area (Å²) in [5.74, 6) is 1.87. The number of H-pyrrole nitrogens is 1. The number of fused-ring (bicyclic) bond motifs is 1. The number of nitrogens with one attached hydrogen (secondary N) is 2. The van der Waals surface area contributed by atoms with Crippen LogP contribution in [-0.4, -0.2) is 45.9 Å². The second-order valence-corrected chi connectivity index (χ2v) is 6.45. The highest BCUT2D eigenvalue weighted by Crippen LogP contribution is 2.31. The van der Waals surface area contributed by atoms with Crippen molar-refractivity contribution in [2.75, 3.05) is 35.0 Å². The standard InChI is InChI=1S/C22H24N2O6/c1-27-14-5-6-15(19(12-14)30-4)22(26)23-10-9-13-11-16-17(28-2)7-8-18(29-3)20(16)24-21(13)25/h5-8,11-12H,9-10H2,1-4H3,(H,23,26)(H,24,25). The smallest absolute Gasteiger partial charge is 0.255 e. The van der Waals surface area contributed by atoms with Gasteiger partial charge in [-0.3, -0.25) is 9.59 Å². The van der Waals surface area contributed by atoms with Gasteiger partial charge in [0, 0.05) is 23.6 Å². The Morgan fingerprint density at radius 2 is 1.60 bits per heavy atom. The number of rotatable bonds is 8. The van der Waals surface area contributed by atoms with Crippen molar-refractivity contribution in [2.24, 2.45) is 0 Å². The van der Waals surface area contributed by atoms with E-state index in [0.717, 1.165) is 5.39 Å². The molecular weight excluding hydrogens is 388 g/mol. The zero-order valence-electron chi connectivity index (χ0n) is 17.3. The Kier molecular flexibility index (Phi) is 6.46. The van der Waals surface area contributed by atoms with Gasteiger partial charge >= 0.3 is 0 Å². The van der Waals surface area contributed by atoms with Gasteiger partial charge in [-0.15, -0.1) is 0 Å². The topological polar surface area (TPSA) is 98.9 Å². The molecular formula is C22H24N2O6. The Hall–Kier alpha value is -3.68. The normalized spacial score (nSPS) is 10.5. The first-order chi connectivity index (χ1) is 14.5. The highest BCUT2D eigenvalue weighted by Gasteiger charge is 2.14. The molecule has 30 heavy (non-hydrogen) atoms. The fourth-order valence-corrected chi connectivity index (χ4v) is 3.21. The van der Waals surface area contributed by atoms with Crippen molar-refractivity contribution in [1.29, 1.82) is 0 Å². The van der Waals surface area contributed by atoms with Crippen molar-refractivity contribution in [3.05, 3.63) is 57.9 Å². The van der Waals surface area contributed by atoms with Gasteiger partial charge in [-0.1, -0.05) is 0 Å². The van der Waals surface area contributed by atoms with Gasteiger partial charge in [0.25, 0.3) is 11.5 Å². The number of pyridine rings is 1. The van der Waals surface area contributed by atoms with E-state index in [2.05, 4.69) is 10.3 Å². The zero-order valence-corrected chi connectivity index (χ0v) is 17.3. The summed E-state index contributed by atoms with van der Waals surface area (Å²) in [4.78, 5) is 27.9. The van der Waals surface area contributed by atoms with Crippen LogP contribution in [0.1, 0.15) is 15.9 Å². The van der Waals surface area contributed by atoms with Gasteiger partial charge in [0.05, 0.1) is 39.5 Å². The van der Waals surface area contributed by atoms with Crippen molar-refractivity contribution in [3.63, 3.8) is 0 Å². The Morgan fingerprint density at radius 1 is 0.900 bits per heavy atom. The molecule has 2 aromatic carbocycles. The average Bonchev–Trinajstić information content (AvgIpc) is 2.78. The average molecular weight is 412 g/mol. The number of aromatic nitrogens is 1. The summed E-state index contributed by atoms with van der Waals surface area (Å²) in [5, 5.41) is 3.55. The van der Waals surface area contributed by atoms with Crippen LogP contribution in [0, 0.1) is 0 Å². The van der Waals surface area contributed by atoms with Crippen molar-refractivity contribution in [2.45, 2.75) is 6.42 Å². The van der Waals surface area contributed by atoms with Gasteiger partial charge in [-0.05, 0) is 36.8 Å². The minimum Gasteiger partial charge on any atom is -0.497 e. The first-order valence-corrected chi connectivity index (χ1v) is 9.29. The maximum absolute atomic E-state index is 12.5. The lowest BCUT2D eigenvalue weighted by atomic mass is 10.1. The number of carbonyl (C=O) groups is 1. The number of amides is 1. The van der Waals surface area contributed by atoms with E-state index in [1.807, 2.05) is 0 Å². The summed E-state index contributed by atoms with van der Waals surface area (Å²) in [6, 6.07) is 10.2. The molecule has 0 bridgehead atoms. The van der Waals surface area contributed by atoms with Gasteiger partial charge in [-0.25, -0.2) is 0 Å². The van der Waals surface area contributed by atoms with Gasteiger partial charge in [0.1, 0.15) is 23.0 Å². The summed E-state index contributed by atoms with van der Waals surface area (Å²) in [6.07, 6.45) is 0.343. The summed E-state index contributed by atoms with van der Waals surface area (Å²) >= 11 is 0. The van der Waals surface area contributed by atoms with Crippen LogP contribution in [0.4, 0.5) is 0 Å². The van der Waals surface area contributed by atoms with E-state index in [4.69, 9.17) is 18.9 Å². The number of hydrogen-bond acceptors (Lipinski definition) is 6. The Bertz CT molecular complexity index is 1120. The van der Waals surface area contributed by atoms with Gasteiger partial charge in [-0.2, -0.15) is 0 Å². The maximum atomic E-state index is 12.5. The fourth-order valence-electron chi connectivity index (χ4n) is 3.21. The Morgan fingerprint density at radius 3 is 2.27 bits per heavy atom. The molecule has 0 unspecified atom stereocenters. The second-order valence-electron chi connectivity index (χ2n) is 6.45. The first-order valence-electron chi connectivity index (χ1n) is 9.29. The second kappa shape index (κ2) is 9.21. The molecule has 8 nitrogen and oxygen atoms in total. The molecule has 0 radical (unpaired) electrons. The molecule has 3 rings (SSSR count). The Balaban J connectivity index is 1.78. The number of benzene rings is 2. The highest BCUT2D eigenvalue weighted by molar-refractivity contribution is 5.97. The van der Waals surface area contributed by atoms with Crippen LogP contribution in [-0.2, 0) is 6.42 Å². The van der Waals surface area contributed by atoms with E-state index in [-0.39, 0.29) is 18.0 Å². The molecule has 0 saturated heterocycles. The first kappa shape index (κ1) is 21.0. The molecule has 0 fully saturated rings. The SMILES string of the molecule is COc1ccc(C(=O)NCCc2cc3c(OC)ccc(OC)c3[nH]c2=O)c(OC)c1. The molecule has 0 spiro atoms. The maximum Gasteiger partial charge on any atom is 0.255 e. The van der Waals surface area contributed by atoms with Crippen molar-refractivity contribution < 1.29 is 23.7 Å². The Labute approximate surface area is 173 Å². The van der Waals surface area contributed by atoms with Gasteiger partial charge < -0.3 is 29.2 Å². The van der Waals surface area contributed by atoms with E-state index in [1.54, 1.807) is 50.6 Å². The van der Waals surface area contributed by atoms with Gasteiger partial charge in [0.2, 0.25) is 0 Å². The molecule has 0 saturated carbocycles. The third-order valence-electron chi connectivity index (χ3n) is 4.79. The summed E-state index contributed by atoms with van der Waals surface area (Å²) in [7, 11) is 6.13. The third-order valence-corrected chi connectivity index (χ3v) is 4.79. The lowest BCUT2D eigenvalue weighted by molar-refractivity contribution is 0.0951. The van der Waals surface area contributed by atoms with E-state index < -0.39 is 0 Å². The number of hydrogen-bond donors (Lipinski definition) is 2. The van der Waals surface area contributed by atoms with E-state index in [0.29, 0.717) is 46.1 Å². The fraction of sp³-hybridized carbons (Fsp3) is 0.273. The van der Waals surface area contributed by atoms with E-state index in [1.165, 1.54) is 14.2 Å². The molecule has 8 heteroatoms. The number of aromatic amines is 1. The molecule has 0 atom stereocenters. The lowest BCUT2D eigenvalue weighted by Gasteiger charge is -2.12. The molecule has 1 heterocycles. The minimum absolute atomic E-state index is 0.245. The molecule has 1 aromatic heterocycles. The van der Waals surface area contributed by atoms with E-state index in [9.17, 15) is 9.59 Å². The van der Waals surface area contributed by atoms with Crippen LogP contribution in [0.2, 0.25) is 0 Å². The zero-order chi connectivity index (χ0) is 21.7. The summed E-state index contributed by atoms with van der Waals surface area (Å²) < 4.78 is 21.1. The molecule has 1 amide bonds. The summed E-state index contributed by atoms with van der Waals surface area (Å²) in [5.41, 5.74) is 1.23. The van der Waals surface area contributed by atoms with Crippen LogP contribution >= 0.6 is 0 Å². The van der Waals surface area contributed by atoms with E-state index >= 15 is 0 Å². The molecule has 3 aromatic rings. The monoisotopic (exact) mass is 412 g/mol. The van der Waals surface area contributed by atoms with Crippen molar-refractivity contribution in [1.82, 2.24) is 10.3 Å². The van der Waals surface area contributed by atoms with Crippen molar-refractivity contribution >= 4 is 16.8 Å². The predicted molar refractivity (Wildman–Crippen MR) is 113 cm³/mol. The van der Waals surface area contributed by atoms with Crippen molar-refractivity contribution in [3.8, 4) is 23.0 Å². The van der Waals surface area contributed by atoms with Crippen LogP contribution in [0.25, 0.3) is 10.9 Å². The van der Waals surface area contributed by atoms with Crippen LogP contribution in [0.5, 0.6) is 23.0 Å². The number of carbonyl (C=O) groups excluding carboxylic acids is 1. The lowest BCUT2D eigenvalue weighted by Crippen LogP contribution is -2.27. The number of ether oxygens (including phenoxy) is 4. The minimum atomic E-state index is -0.300.